The number of ether oxygens (including phenoxy) is 2. The minimum atomic E-state index is -0.304. The fourth-order valence-electron chi connectivity index (χ4n) is 2.50. The van der Waals surface area contributed by atoms with E-state index in [-0.39, 0.29) is 5.91 Å². The Morgan fingerprint density at radius 1 is 1.12 bits per heavy atom. The lowest BCUT2D eigenvalue weighted by molar-refractivity contribution is 0.102. The number of aryl methyl sites for hydroxylation is 1. The summed E-state index contributed by atoms with van der Waals surface area (Å²) in [5.41, 5.74) is 3.25. The first kappa shape index (κ1) is 17.8. The first-order valence-corrected chi connectivity index (χ1v) is 8.25. The molecule has 0 aliphatic heterocycles. The minimum absolute atomic E-state index is 0.304. The zero-order valence-corrected chi connectivity index (χ0v) is 15.3. The van der Waals surface area contributed by atoms with Crippen LogP contribution in [0.4, 0.5) is 5.69 Å². The normalized spacial score (nSPS) is 10.5. The van der Waals surface area contributed by atoms with Crippen molar-refractivity contribution in [3.05, 3.63) is 58.7 Å². The van der Waals surface area contributed by atoms with Gasteiger partial charge in [0.05, 0.1) is 19.9 Å². The van der Waals surface area contributed by atoms with Crippen molar-refractivity contribution in [1.82, 2.24) is 10.2 Å². The zero-order chi connectivity index (χ0) is 18.7. The average molecular weight is 372 g/mol. The molecule has 0 saturated carbocycles. The molecule has 3 aromatic rings. The molecule has 26 heavy (non-hydrogen) atoms. The van der Waals surface area contributed by atoms with Crippen LogP contribution in [-0.4, -0.2) is 30.3 Å². The van der Waals surface area contributed by atoms with Crippen molar-refractivity contribution in [2.24, 2.45) is 0 Å². The van der Waals surface area contributed by atoms with Crippen molar-refractivity contribution in [1.29, 1.82) is 0 Å². The molecule has 2 aromatic carbocycles. The van der Waals surface area contributed by atoms with Gasteiger partial charge >= 0.3 is 0 Å². The second kappa shape index (κ2) is 7.49. The van der Waals surface area contributed by atoms with Crippen molar-refractivity contribution in [3.63, 3.8) is 0 Å². The number of carbonyl (C=O) groups excluding carboxylic acids is 1. The molecule has 6 nitrogen and oxygen atoms in total. The third-order valence-electron chi connectivity index (χ3n) is 3.95. The van der Waals surface area contributed by atoms with Crippen molar-refractivity contribution < 1.29 is 14.3 Å². The van der Waals surface area contributed by atoms with E-state index in [2.05, 4.69) is 15.5 Å². The van der Waals surface area contributed by atoms with Gasteiger partial charge in [-0.1, -0.05) is 17.7 Å². The van der Waals surface area contributed by atoms with Crippen LogP contribution in [0.2, 0.25) is 5.02 Å². The van der Waals surface area contributed by atoms with Crippen LogP contribution in [0.1, 0.15) is 16.1 Å². The number of nitrogens with one attached hydrogen (secondary N) is 2. The number of aromatic amines is 1. The van der Waals surface area contributed by atoms with Crippen LogP contribution in [0.5, 0.6) is 11.5 Å². The van der Waals surface area contributed by atoms with E-state index in [1.807, 2.05) is 25.1 Å². The summed E-state index contributed by atoms with van der Waals surface area (Å²) in [6.45, 7) is 1.90. The topological polar surface area (TPSA) is 76.2 Å². The predicted octanol–water partition coefficient (Wildman–Crippen LogP) is 4.31. The molecular weight excluding hydrogens is 354 g/mol. The SMILES string of the molecule is COc1ccc(-c2cc(C(=O)Nc3cc(Cl)ccc3C)[nH]n2)c(OC)c1. The van der Waals surface area contributed by atoms with Crippen molar-refractivity contribution in [3.8, 4) is 22.8 Å². The number of methoxy groups -OCH3 is 2. The molecule has 3 rings (SSSR count). The molecule has 1 aromatic heterocycles. The molecule has 0 unspecified atom stereocenters. The van der Waals surface area contributed by atoms with Gasteiger partial charge in [-0.2, -0.15) is 5.10 Å². The lowest BCUT2D eigenvalue weighted by Gasteiger charge is -2.08. The highest BCUT2D eigenvalue weighted by Gasteiger charge is 2.15. The molecule has 0 radical (unpaired) electrons. The molecule has 0 aliphatic carbocycles. The summed E-state index contributed by atoms with van der Waals surface area (Å²) in [4.78, 5) is 12.5. The monoisotopic (exact) mass is 371 g/mol. The summed E-state index contributed by atoms with van der Waals surface area (Å²) in [5.74, 6) is 0.977. The Labute approximate surface area is 156 Å². The van der Waals surface area contributed by atoms with Crippen LogP contribution in [0, 0.1) is 6.92 Å². The molecule has 0 atom stereocenters. The van der Waals surface area contributed by atoms with Crippen LogP contribution < -0.4 is 14.8 Å². The van der Waals surface area contributed by atoms with E-state index in [0.29, 0.717) is 33.6 Å². The first-order valence-electron chi connectivity index (χ1n) is 7.87. The van der Waals surface area contributed by atoms with Crippen molar-refractivity contribution in [2.75, 3.05) is 19.5 Å². The Kier molecular flexibility index (Phi) is 5.14. The second-order valence-corrected chi connectivity index (χ2v) is 6.08. The summed E-state index contributed by atoms with van der Waals surface area (Å²) in [6.07, 6.45) is 0. The third kappa shape index (κ3) is 3.65. The summed E-state index contributed by atoms with van der Waals surface area (Å²) < 4.78 is 10.6. The highest BCUT2D eigenvalue weighted by Crippen LogP contribution is 2.32. The predicted molar refractivity (Wildman–Crippen MR) is 101 cm³/mol. The van der Waals surface area contributed by atoms with Gasteiger partial charge in [-0.25, -0.2) is 0 Å². The van der Waals surface area contributed by atoms with E-state index < -0.39 is 0 Å². The van der Waals surface area contributed by atoms with Gasteiger partial charge in [-0.3, -0.25) is 9.89 Å². The Hall–Kier alpha value is -2.99. The summed E-state index contributed by atoms with van der Waals surface area (Å²) in [5, 5.41) is 10.4. The van der Waals surface area contributed by atoms with Gasteiger partial charge in [0.15, 0.2) is 0 Å². The molecule has 134 valence electrons. The Morgan fingerprint density at radius 3 is 2.65 bits per heavy atom. The number of hydrogen-bond acceptors (Lipinski definition) is 4. The largest absolute Gasteiger partial charge is 0.497 e. The number of halogens is 1. The summed E-state index contributed by atoms with van der Waals surface area (Å²) in [6, 6.07) is 12.4. The van der Waals surface area contributed by atoms with Gasteiger partial charge in [0, 0.05) is 22.3 Å². The fraction of sp³-hybridized carbons (Fsp3) is 0.158. The number of benzene rings is 2. The highest BCUT2D eigenvalue weighted by molar-refractivity contribution is 6.31. The van der Waals surface area contributed by atoms with Crippen LogP contribution in [0.15, 0.2) is 42.5 Å². The van der Waals surface area contributed by atoms with Crippen LogP contribution >= 0.6 is 11.6 Å². The number of amides is 1. The van der Waals surface area contributed by atoms with E-state index in [4.69, 9.17) is 21.1 Å². The molecule has 0 aliphatic rings. The van der Waals surface area contributed by atoms with Crippen molar-refractivity contribution in [2.45, 2.75) is 6.92 Å². The van der Waals surface area contributed by atoms with Crippen molar-refractivity contribution >= 4 is 23.2 Å². The molecule has 0 fully saturated rings. The highest BCUT2D eigenvalue weighted by atomic mass is 35.5. The van der Waals surface area contributed by atoms with Gasteiger partial charge in [0.1, 0.15) is 17.2 Å². The van der Waals surface area contributed by atoms with E-state index in [1.54, 1.807) is 38.5 Å². The molecular formula is C19H18ClN3O3. The fourth-order valence-corrected chi connectivity index (χ4v) is 2.68. The van der Waals surface area contributed by atoms with Gasteiger partial charge < -0.3 is 14.8 Å². The number of anilines is 1. The zero-order valence-electron chi connectivity index (χ0n) is 14.6. The Balaban J connectivity index is 1.86. The lowest BCUT2D eigenvalue weighted by atomic mass is 10.1. The second-order valence-electron chi connectivity index (χ2n) is 5.65. The van der Waals surface area contributed by atoms with E-state index in [0.717, 1.165) is 11.1 Å². The number of hydrogen-bond donors (Lipinski definition) is 2. The molecule has 0 bridgehead atoms. The number of aromatic nitrogens is 2. The van der Waals surface area contributed by atoms with Crippen LogP contribution in [0.25, 0.3) is 11.3 Å². The maximum Gasteiger partial charge on any atom is 0.273 e. The number of nitrogens with zero attached hydrogens (tertiary/aromatic N) is 1. The maximum absolute atomic E-state index is 12.5. The molecule has 7 heteroatoms. The molecule has 1 heterocycles. The molecule has 0 saturated heterocycles. The maximum atomic E-state index is 12.5. The van der Waals surface area contributed by atoms with E-state index in [1.165, 1.54) is 0 Å². The van der Waals surface area contributed by atoms with Gasteiger partial charge in [0.25, 0.3) is 5.91 Å². The first-order chi connectivity index (χ1) is 12.5. The number of carbonyl (C=O) groups is 1. The Bertz CT molecular complexity index is 953. The van der Waals surface area contributed by atoms with E-state index in [9.17, 15) is 4.79 Å². The summed E-state index contributed by atoms with van der Waals surface area (Å²) in [7, 11) is 3.16. The number of H-pyrrole nitrogens is 1. The lowest BCUT2D eigenvalue weighted by Crippen LogP contribution is -2.13. The third-order valence-corrected chi connectivity index (χ3v) is 4.19. The molecule has 2 N–H and O–H groups in total. The quantitative estimate of drug-likeness (QED) is 0.700. The molecule has 0 spiro atoms. The van der Waals surface area contributed by atoms with Crippen LogP contribution in [-0.2, 0) is 0 Å². The average Bonchev–Trinajstić information content (AvgIpc) is 3.14. The Morgan fingerprint density at radius 2 is 1.92 bits per heavy atom. The summed E-state index contributed by atoms with van der Waals surface area (Å²) >= 11 is 5.99. The molecule has 1 amide bonds. The van der Waals surface area contributed by atoms with E-state index >= 15 is 0 Å². The smallest absolute Gasteiger partial charge is 0.273 e. The van der Waals surface area contributed by atoms with Gasteiger partial charge in [-0.05, 0) is 42.8 Å². The minimum Gasteiger partial charge on any atom is -0.497 e. The van der Waals surface area contributed by atoms with Crippen LogP contribution in [0.3, 0.4) is 0 Å². The standard InChI is InChI=1S/C19H18ClN3O3/c1-11-4-5-12(20)8-15(11)21-19(24)17-10-16(22-23-17)14-7-6-13(25-2)9-18(14)26-3/h4-10H,1-3H3,(H,21,24)(H,22,23). The van der Waals surface area contributed by atoms with Gasteiger partial charge in [-0.15, -0.1) is 0 Å². The number of rotatable bonds is 5. The van der Waals surface area contributed by atoms with Gasteiger partial charge in [0.2, 0.25) is 0 Å².